The van der Waals surface area contributed by atoms with E-state index in [9.17, 15) is 13.2 Å². The van der Waals surface area contributed by atoms with Gasteiger partial charge in [0.25, 0.3) is 5.91 Å². The van der Waals surface area contributed by atoms with E-state index >= 15 is 0 Å². The van der Waals surface area contributed by atoms with Gasteiger partial charge in [0.15, 0.2) is 0 Å². The molecule has 0 radical (unpaired) electrons. The molecule has 0 aliphatic carbocycles. The Hall–Kier alpha value is -0.750. The predicted octanol–water partition coefficient (Wildman–Crippen LogP) is -0.242. The van der Waals surface area contributed by atoms with Crippen molar-refractivity contribution in [3.8, 4) is 0 Å². The second kappa shape index (κ2) is 4.41. The van der Waals surface area contributed by atoms with Crippen LogP contribution in [0.3, 0.4) is 0 Å². The molecule has 0 heterocycles. The van der Waals surface area contributed by atoms with Crippen LogP contribution < -0.4 is 6.15 Å². The highest BCUT2D eigenvalue weighted by atomic mass is 32.2. The standard InChI is InChI=1S/C2H3NO3S.H3N/c1-2(4)3-7(5)6;/h1H3;1H3. The second-order valence-electron chi connectivity index (χ2n) is 0.827. The summed E-state index contributed by atoms with van der Waals surface area (Å²) >= 11 is 0. The lowest BCUT2D eigenvalue weighted by atomic mass is 10.8. The van der Waals surface area contributed by atoms with Crippen molar-refractivity contribution in [2.75, 3.05) is 0 Å². The normalized spacial score (nSPS) is 6.62. The molecule has 1 amide bonds. The molecule has 48 valence electrons. The molecule has 3 N–H and O–H groups in total. The van der Waals surface area contributed by atoms with E-state index in [-0.39, 0.29) is 6.15 Å². The molecule has 0 fully saturated rings. The lowest BCUT2D eigenvalue weighted by Crippen LogP contribution is -1.77. The SMILES string of the molecule is CC(=O)N=S(=O)=O.N. The van der Waals surface area contributed by atoms with Crippen LogP contribution in [0, 0.1) is 0 Å². The predicted molar refractivity (Wildman–Crippen MR) is 27.1 cm³/mol. The molecule has 0 unspecified atom stereocenters. The number of amides is 1. The molecule has 0 atom stereocenters. The van der Waals surface area contributed by atoms with Gasteiger partial charge in [0, 0.05) is 6.92 Å². The minimum absolute atomic E-state index is 0. The highest BCUT2D eigenvalue weighted by Crippen LogP contribution is 1.65. The molecule has 0 saturated heterocycles. The van der Waals surface area contributed by atoms with Gasteiger partial charge in [-0.15, -0.1) is 0 Å². The van der Waals surface area contributed by atoms with Crippen LogP contribution in [0.5, 0.6) is 0 Å². The summed E-state index contributed by atoms with van der Waals surface area (Å²) < 4.78 is 21.4. The van der Waals surface area contributed by atoms with Crippen molar-refractivity contribution in [2.24, 2.45) is 4.36 Å². The minimum Gasteiger partial charge on any atom is -0.344 e. The van der Waals surface area contributed by atoms with Crippen molar-refractivity contribution in [3.63, 3.8) is 0 Å². The summed E-state index contributed by atoms with van der Waals surface area (Å²) in [6.07, 6.45) is 0. The van der Waals surface area contributed by atoms with Crippen LogP contribution in [0.4, 0.5) is 0 Å². The maximum atomic E-state index is 9.69. The van der Waals surface area contributed by atoms with Gasteiger partial charge in [-0.1, -0.05) is 4.36 Å². The van der Waals surface area contributed by atoms with Gasteiger partial charge in [-0.25, -0.2) is 0 Å². The van der Waals surface area contributed by atoms with Gasteiger partial charge < -0.3 is 6.15 Å². The average Bonchev–Trinajstić information content (AvgIpc) is 1.27. The minimum atomic E-state index is -2.57. The lowest BCUT2D eigenvalue weighted by molar-refractivity contribution is -0.115. The summed E-state index contributed by atoms with van der Waals surface area (Å²) in [5.41, 5.74) is 0. The van der Waals surface area contributed by atoms with Crippen LogP contribution in [-0.4, -0.2) is 14.3 Å². The smallest absolute Gasteiger partial charge is 0.319 e. The molecule has 0 aromatic heterocycles. The lowest BCUT2D eigenvalue weighted by Gasteiger charge is -1.62. The summed E-state index contributed by atoms with van der Waals surface area (Å²) in [4.78, 5) is 9.69. The quantitative estimate of drug-likeness (QED) is 0.499. The van der Waals surface area contributed by atoms with Gasteiger partial charge in [0.1, 0.15) is 0 Å². The van der Waals surface area contributed by atoms with E-state index in [0.717, 1.165) is 6.92 Å². The summed E-state index contributed by atoms with van der Waals surface area (Å²) in [6.45, 7) is 1.07. The zero-order valence-corrected chi connectivity index (χ0v) is 5.10. The van der Waals surface area contributed by atoms with E-state index in [4.69, 9.17) is 0 Å². The van der Waals surface area contributed by atoms with E-state index in [2.05, 4.69) is 4.36 Å². The Kier molecular flexibility index (Phi) is 5.66. The fraction of sp³-hybridized carbons (Fsp3) is 0.500. The molecule has 0 saturated carbocycles. The monoisotopic (exact) mass is 138 g/mol. The number of rotatable bonds is 0. The highest BCUT2D eigenvalue weighted by Gasteiger charge is 1.80. The molecular formula is C2H6N2O3S. The Morgan fingerprint density at radius 3 is 1.88 bits per heavy atom. The Balaban J connectivity index is 0. The van der Waals surface area contributed by atoms with E-state index in [1.165, 1.54) is 0 Å². The van der Waals surface area contributed by atoms with Gasteiger partial charge in [-0.3, -0.25) is 4.79 Å². The van der Waals surface area contributed by atoms with Crippen molar-refractivity contribution in [2.45, 2.75) is 6.92 Å². The van der Waals surface area contributed by atoms with Crippen molar-refractivity contribution >= 4 is 16.4 Å². The third kappa shape index (κ3) is 8.98. The molecule has 0 aromatic carbocycles. The third-order valence-electron chi connectivity index (χ3n) is 0.203. The Morgan fingerprint density at radius 1 is 1.50 bits per heavy atom. The van der Waals surface area contributed by atoms with Gasteiger partial charge in [-0.05, 0) is 0 Å². The fourth-order valence-electron chi connectivity index (χ4n) is 0.105. The number of carbonyl (C=O) groups is 1. The zero-order valence-electron chi connectivity index (χ0n) is 4.29. The molecule has 0 spiro atoms. The number of nitrogens with zero attached hydrogens (tertiary/aromatic N) is 1. The summed E-state index contributed by atoms with van der Waals surface area (Å²) in [5, 5.41) is 0. The molecule has 0 aliphatic heterocycles. The Morgan fingerprint density at radius 2 is 1.88 bits per heavy atom. The van der Waals surface area contributed by atoms with Crippen LogP contribution in [0.15, 0.2) is 4.36 Å². The average molecular weight is 138 g/mol. The first kappa shape index (κ1) is 10.3. The van der Waals surface area contributed by atoms with Crippen LogP contribution in [0.25, 0.3) is 0 Å². The molecule has 0 bridgehead atoms. The summed E-state index contributed by atoms with van der Waals surface area (Å²) in [7, 11) is -2.57. The third-order valence-corrected chi connectivity index (χ3v) is 0.609. The molecule has 0 aromatic rings. The van der Waals surface area contributed by atoms with Crippen molar-refractivity contribution in [1.29, 1.82) is 0 Å². The molecular weight excluding hydrogens is 132 g/mol. The van der Waals surface area contributed by atoms with E-state index in [0.29, 0.717) is 0 Å². The van der Waals surface area contributed by atoms with Crippen LogP contribution in [-0.2, 0) is 15.3 Å². The molecule has 0 rings (SSSR count). The second-order valence-corrected chi connectivity index (χ2v) is 1.44. The van der Waals surface area contributed by atoms with Gasteiger partial charge in [0.2, 0.25) is 0 Å². The maximum absolute atomic E-state index is 9.69. The number of hydrogen-bond donors (Lipinski definition) is 1. The topological polar surface area (TPSA) is 98.6 Å². The van der Waals surface area contributed by atoms with Crippen LogP contribution in [0.2, 0.25) is 0 Å². The largest absolute Gasteiger partial charge is 0.344 e. The van der Waals surface area contributed by atoms with E-state index in [1.54, 1.807) is 0 Å². The first-order chi connectivity index (χ1) is 3.13. The van der Waals surface area contributed by atoms with E-state index < -0.39 is 16.4 Å². The van der Waals surface area contributed by atoms with Gasteiger partial charge in [0.05, 0.1) is 0 Å². The number of hydrogen-bond acceptors (Lipinski definition) is 4. The van der Waals surface area contributed by atoms with Crippen molar-refractivity contribution < 1.29 is 13.2 Å². The summed E-state index contributed by atoms with van der Waals surface area (Å²) in [6, 6.07) is 0. The number of carbonyl (C=O) groups excluding carboxylic acids is 1. The first-order valence-corrected chi connectivity index (χ1v) is 2.48. The van der Waals surface area contributed by atoms with Gasteiger partial charge in [-0.2, -0.15) is 8.42 Å². The highest BCUT2D eigenvalue weighted by molar-refractivity contribution is 7.62. The fourth-order valence-corrected chi connectivity index (χ4v) is 0.315. The van der Waals surface area contributed by atoms with Gasteiger partial charge >= 0.3 is 10.5 Å². The Bertz CT molecular complexity index is 183. The van der Waals surface area contributed by atoms with Crippen molar-refractivity contribution in [3.05, 3.63) is 0 Å². The van der Waals surface area contributed by atoms with Crippen LogP contribution in [0.1, 0.15) is 6.92 Å². The van der Waals surface area contributed by atoms with Crippen LogP contribution >= 0.6 is 0 Å². The molecule has 5 nitrogen and oxygen atoms in total. The molecule has 8 heavy (non-hydrogen) atoms. The van der Waals surface area contributed by atoms with E-state index in [1.807, 2.05) is 0 Å². The maximum Gasteiger partial charge on any atom is 0.319 e. The Labute approximate surface area is 48.0 Å². The first-order valence-electron chi connectivity index (χ1n) is 1.44. The zero-order chi connectivity index (χ0) is 5.86. The molecule has 0 aliphatic rings. The summed E-state index contributed by atoms with van der Waals surface area (Å²) in [5.74, 6) is -0.701. The van der Waals surface area contributed by atoms with Crippen molar-refractivity contribution in [1.82, 2.24) is 6.15 Å². The molecule has 6 heteroatoms.